The van der Waals surface area contributed by atoms with Crippen LogP contribution in [-0.4, -0.2) is 25.2 Å². The first kappa shape index (κ1) is 5.69. The van der Waals surface area contributed by atoms with E-state index in [1.807, 2.05) is 0 Å². The van der Waals surface area contributed by atoms with E-state index in [1.54, 1.807) is 0 Å². The van der Waals surface area contributed by atoms with Crippen LogP contribution >= 0.6 is 0 Å². The van der Waals surface area contributed by atoms with Crippen molar-refractivity contribution < 1.29 is 0 Å². The first-order valence-corrected chi connectivity index (χ1v) is 3.83. The van der Waals surface area contributed by atoms with Gasteiger partial charge in [0.1, 0.15) is 0 Å². The standard InChI is InChI=1S/C7H14N2/c1-5-2-6-3-9-7(5)4-8-6/h5-9H,2-4H2,1H3. The summed E-state index contributed by atoms with van der Waals surface area (Å²) in [6.07, 6.45) is 1.37. The first-order valence-electron chi connectivity index (χ1n) is 3.83. The molecule has 3 aliphatic rings. The van der Waals surface area contributed by atoms with Crippen molar-refractivity contribution in [2.45, 2.75) is 25.4 Å². The number of fused-ring (bicyclic) bond motifs is 3. The second kappa shape index (κ2) is 1.96. The maximum atomic E-state index is 3.51. The van der Waals surface area contributed by atoms with E-state index in [0.29, 0.717) is 0 Å². The average Bonchev–Trinajstić information content (AvgIpc) is 1.90. The van der Waals surface area contributed by atoms with Crippen LogP contribution in [0.3, 0.4) is 0 Å². The molecular weight excluding hydrogens is 112 g/mol. The van der Waals surface area contributed by atoms with Crippen molar-refractivity contribution in [1.82, 2.24) is 10.6 Å². The SMILES string of the molecule is CC1CC2CNC1CN2. The molecule has 0 saturated carbocycles. The highest BCUT2D eigenvalue weighted by Crippen LogP contribution is 2.19. The van der Waals surface area contributed by atoms with E-state index in [9.17, 15) is 0 Å². The molecule has 3 aliphatic heterocycles. The van der Waals surface area contributed by atoms with Gasteiger partial charge in [0.25, 0.3) is 0 Å². The number of rotatable bonds is 0. The van der Waals surface area contributed by atoms with Gasteiger partial charge in [-0.05, 0) is 12.3 Å². The Bertz CT molecular complexity index is 105. The minimum absolute atomic E-state index is 0.759. The summed E-state index contributed by atoms with van der Waals surface area (Å²) >= 11 is 0. The molecule has 0 aromatic carbocycles. The van der Waals surface area contributed by atoms with Crippen LogP contribution in [0.15, 0.2) is 0 Å². The molecule has 0 aromatic rings. The molecule has 9 heavy (non-hydrogen) atoms. The Labute approximate surface area is 56.0 Å². The lowest BCUT2D eigenvalue weighted by Crippen LogP contribution is -2.62. The van der Waals surface area contributed by atoms with Crippen molar-refractivity contribution in [1.29, 1.82) is 0 Å². The first-order chi connectivity index (χ1) is 4.36. The molecular formula is C7H14N2. The highest BCUT2D eigenvalue weighted by atomic mass is 15.1. The minimum atomic E-state index is 0.759. The molecule has 0 radical (unpaired) electrons. The zero-order valence-electron chi connectivity index (χ0n) is 5.85. The Morgan fingerprint density at radius 2 is 2.11 bits per heavy atom. The third kappa shape index (κ3) is 0.864. The summed E-state index contributed by atoms with van der Waals surface area (Å²) in [6, 6.07) is 1.53. The highest BCUT2D eigenvalue weighted by Gasteiger charge is 2.31. The summed E-state index contributed by atoms with van der Waals surface area (Å²) in [5, 5.41) is 6.99. The maximum absolute atomic E-state index is 3.51. The molecule has 0 amide bonds. The average molecular weight is 126 g/mol. The minimum Gasteiger partial charge on any atom is -0.311 e. The lowest BCUT2D eigenvalue weighted by Gasteiger charge is -2.42. The summed E-state index contributed by atoms with van der Waals surface area (Å²) in [7, 11) is 0. The van der Waals surface area contributed by atoms with Crippen molar-refractivity contribution in [2.75, 3.05) is 13.1 Å². The van der Waals surface area contributed by atoms with Gasteiger partial charge in [-0.2, -0.15) is 0 Å². The van der Waals surface area contributed by atoms with Crippen molar-refractivity contribution in [3.05, 3.63) is 0 Å². The second-order valence-corrected chi connectivity index (χ2v) is 3.33. The van der Waals surface area contributed by atoms with Gasteiger partial charge in [0.05, 0.1) is 0 Å². The largest absolute Gasteiger partial charge is 0.311 e. The summed E-state index contributed by atoms with van der Waals surface area (Å²) in [4.78, 5) is 0. The van der Waals surface area contributed by atoms with Crippen LogP contribution in [0.1, 0.15) is 13.3 Å². The normalized spacial score (nSPS) is 49.7. The molecule has 3 unspecified atom stereocenters. The Balaban J connectivity index is 2.06. The van der Waals surface area contributed by atoms with E-state index in [-0.39, 0.29) is 0 Å². The van der Waals surface area contributed by atoms with Crippen molar-refractivity contribution in [3.8, 4) is 0 Å². The molecule has 0 spiro atoms. The Morgan fingerprint density at radius 1 is 1.22 bits per heavy atom. The molecule has 3 fully saturated rings. The monoisotopic (exact) mass is 126 g/mol. The lowest BCUT2D eigenvalue weighted by atomic mass is 9.86. The Morgan fingerprint density at radius 3 is 2.33 bits per heavy atom. The highest BCUT2D eigenvalue weighted by molar-refractivity contribution is 4.93. The molecule has 2 heteroatoms. The number of piperidine rings is 2. The summed E-state index contributed by atoms with van der Waals surface area (Å²) in [5.74, 6) is 0.894. The fourth-order valence-corrected chi connectivity index (χ4v) is 1.91. The summed E-state index contributed by atoms with van der Waals surface area (Å²) in [6.45, 7) is 4.71. The van der Waals surface area contributed by atoms with Gasteiger partial charge in [0, 0.05) is 25.2 Å². The van der Waals surface area contributed by atoms with E-state index in [4.69, 9.17) is 0 Å². The van der Waals surface area contributed by atoms with E-state index in [1.165, 1.54) is 19.5 Å². The molecule has 52 valence electrons. The quantitative estimate of drug-likeness (QED) is 0.476. The van der Waals surface area contributed by atoms with Crippen LogP contribution < -0.4 is 10.6 Å². The van der Waals surface area contributed by atoms with Crippen molar-refractivity contribution >= 4 is 0 Å². The molecule has 2 N–H and O–H groups in total. The molecule has 0 aliphatic carbocycles. The van der Waals surface area contributed by atoms with Gasteiger partial charge in [-0.1, -0.05) is 6.92 Å². The van der Waals surface area contributed by atoms with Gasteiger partial charge in [0.2, 0.25) is 0 Å². The molecule has 3 rings (SSSR count). The van der Waals surface area contributed by atoms with Gasteiger partial charge < -0.3 is 10.6 Å². The number of hydrogen-bond donors (Lipinski definition) is 2. The van der Waals surface area contributed by atoms with Crippen LogP contribution in [-0.2, 0) is 0 Å². The summed E-state index contributed by atoms with van der Waals surface area (Å²) < 4.78 is 0. The van der Waals surface area contributed by atoms with E-state index >= 15 is 0 Å². The van der Waals surface area contributed by atoms with Crippen LogP contribution in [0.2, 0.25) is 0 Å². The smallest absolute Gasteiger partial charge is 0.0219 e. The maximum Gasteiger partial charge on any atom is 0.0219 e. The van der Waals surface area contributed by atoms with Crippen molar-refractivity contribution in [3.63, 3.8) is 0 Å². The lowest BCUT2D eigenvalue weighted by molar-refractivity contribution is 0.183. The topological polar surface area (TPSA) is 24.1 Å². The molecule has 3 atom stereocenters. The van der Waals surface area contributed by atoms with Crippen LogP contribution in [0.25, 0.3) is 0 Å². The van der Waals surface area contributed by atoms with Gasteiger partial charge in [-0.25, -0.2) is 0 Å². The molecule has 0 aromatic heterocycles. The predicted molar refractivity (Wildman–Crippen MR) is 37.4 cm³/mol. The van der Waals surface area contributed by atoms with Gasteiger partial charge in [-0.15, -0.1) is 0 Å². The molecule has 3 heterocycles. The van der Waals surface area contributed by atoms with E-state index < -0.39 is 0 Å². The number of hydrogen-bond acceptors (Lipinski definition) is 2. The Kier molecular flexibility index (Phi) is 1.24. The van der Waals surface area contributed by atoms with E-state index in [2.05, 4.69) is 17.6 Å². The van der Waals surface area contributed by atoms with Gasteiger partial charge in [0.15, 0.2) is 0 Å². The zero-order valence-corrected chi connectivity index (χ0v) is 5.85. The third-order valence-electron chi connectivity index (χ3n) is 2.60. The summed E-state index contributed by atoms with van der Waals surface area (Å²) in [5.41, 5.74) is 0. The molecule has 2 nitrogen and oxygen atoms in total. The fourth-order valence-electron chi connectivity index (χ4n) is 1.91. The second-order valence-electron chi connectivity index (χ2n) is 3.33. The van der Waals surface area contributed by atoms with Gasteiger partial charge in [-0.3, -0.25) is 0 Å². The van der Waals surface area contributed by atoms with Gasteiger partial charge >= 0.3 is 0 Å². The number of nitrogens with one attached hydrogen (secondary N) is 2. The van der Waals surface area contributed by atoms with Crippen LogP contribution in [0, 0.1) is 5.92 Å². The predicted octanol–water partition coefficient (Wildman–Crippen LogP) is -0.0438. The van der Waals surface area contributed by atoms with Crippen molar-refractivity contribution in [2.24, 2.45) is 5.92 Å². The van der Waals surface area contributed by atoms with E-state index in [0.717, 1.165) is 18.0 Å². The van der Waals surface area contributed by atoms with Crippen LogP contribution in [0.5, 0.6) is 0 Å². The Hall–Kier alpha value is -0.0800. The number of piperazine rings is 1. The third-order valence-corrected chi connectivity index (χ3v) is 2.60. The van der Waals surface area contributed by atoms with Crippen LogP contribution in [0.4, 0.5) is 0 Å². The molecule has 3 saturated heterocycles. The zero-order chi connectivity index (χ0) is 6.27. The fraction of sp³-hybridized carbons (Fsp3) is 1.00. The molecule has 2 bridgehead atoms.